The number of imidazole rings is 1. The van der Waals surface area contributed by atoms with Gasteiger partial charge in [-0.25, -0.2) is 15.0 Å². The van der Waals surface area contributed by atoms with Crippen LogP contribution in [0.3, 0.4) is 0 Å². The first-order chi connectivity index (χ1) is 8.38. The highest BCUT2D eigenvalue weighted by Gasteiger charge is 2.05. The van der Waals surface area contributed by atoms with Gasteiger partial charge in [-0.05, 0) is 12.1 Å². The number of aromatic nitrogens is 4. The lowest BCUT2D eigenvalue weighted by Gasteiger charge is -2.06. The molecule has 3 rings (SSSR count). The quantitative estimate of drug-likeness (QED) is 0.668. The standard InChI is InChI=1S/C12H10N4O/c1-17-9-2-3-10-11(6-9)14-7-15-12(10)16-5-4-13-8-16/h2-8H,1H3. The van der Waals surface area contributed by atoms with Gasteiger partial charge in [0.2, 0.25) is 0 Å². The molecule has 17 heavy (non-hydrogen) atoms. The van der Waals surface area contributed by atoms with Crippen LogP contribution in [-0.2, 0) is 0 Å². The zero-order valence-electron chi connectivity index (χ0n) is 9.24. The highest BCUT2D eigenvalue weighted by atomic mass is 16.5. The molecule has 3 aromatic rings. The van der Waals surface area contributed by atoms with E-state index in [0.29, 0.717) is 0 Å². The van der Waals surface area contributed by atoms with Gasteiger partial charge in [0.1, 0.15) is 24.2 Å². The second-order valence-electron chi connectivity index (χ2n) is 3.55. The van der Waals surface area contributed by atoms with Gasteiger partial charge in [0, 0.05) is 23.8 Å². The molecule has 2 aromatic heterocycles. The topological polar surface area (TPSA) is 52.8 Å². The van der Waals surface area contributed by atoms with Crippen molar-refractivity contribution in [3.8, 4) is 11.6 Å². The fraction of sp³-hybridized carbons (Fsp3) is 0.0833. The molecule has 5 nitrogen and oxygen atoms in total. The van der Waals surface area contributed by atoms with E-state index >= 15 is 0 Å². The molecule has 0 aliphatic rings. The zero-order chi connectivity index (χ0) is 11.7. The van der Waals surface area contributed by atoms with Gasteiger partial charge in [-0.3, -0.25) is 4.57 Å². The molecule has 0 amide bonds. The Balaban J connectivity index is 2.27. The summed E-state index contributed by atoms with van der Waals surface area (Å²) in [6.07, 6.45) is 6.83. The molecule has 0 N–H and O–H groups in total. The van der Waals surface area contributed by atoms with Crippen LogP contribution in [0.1, 0.15) is 0 Å². The van der Waals surface area contributed by atoms with Gasteiger partial charge in [0.25, 0.3) is 0 Å². The minimum Gasteiger partial charge on any atom is -0.497 e. The molecule has 2 heterocycles. The van der Waals surface area contributed by atoms with Crippen molar-refractivity contribution in [1.29, 1.82) is 0 Å². The smallest absolute Gasteiger partial charge is 0.149 e. The first-order valence-corrected chi connectivity index (χ1v) is 5.15. The first-order valence-electron chi connectivity index (χ1n) is 5.15. The average molecular weight is 226 g/mol. The molecule has 5 heteroatoms. The van der Waals surface area contributed by atoms with Gasteiger partial charge in [-0.1, -0.05) is 0 Å². The van der Waals surface area contributed by atoms with Crippen LogP contribution in [0.5, 0.6) is 5.75 Å². The van der Waals surface area contributed by atoms with E-state index in [0.717, 1.165) is 22.5 Å². The third kappa shape index (κ3) is 1.61. The van der Waals surface area contributed by atoms with E-state index in [-0.39, 0.29) is 0 Å². The maximum absolute atomic E-state index is 5.17. The summed E-state index contributed by atoms with van der Waals surface area (Å²) in [4.78, 5) is 12.5. The average Bonchev–Trinajstić information content (AvgIpc) is 2.91. The van der Waals surface area contributed by atoms with Crippen LogP contribution in [0.15, 0.2) is 43.2 Å². The summed E-state index contributed by atoms with van der Waals surface area (Å²) in [7, 11) is 1.64. The van der Waals surface area contributed by atoms with Crippen LogP contribution in [0.4, 0.5) is 0 Å². The lowest BCUT2D eigenvalue weighted by Crippen LogP contribution is -1.97. The summed E-state index contributed by atoms with van der Waals surface area (Å²) >= 11 is 0. The Morgan fingerprint density at radius 1 is 1.24 bits per heavy atom. The van der Waals surface area contributed by atoms with Gasteiger partial charge in [0.15, 0.2) is 0 Å². The number of fused-ring (bicyclic) bond motifs is 1. The molecule has 1 aromatic carbocycles. The predicted octanol–water partition coefficient (Wildman–Crippen LogP) is 1.82. The van der Waals surface area contributed by atoms with Gasteiger partial charge in [-0.2, -0.15) is 0 Å². The summed E-state index contributed by atoms with van der Waals surface area (Å²) in [5.74, 6) is 1.60. The lowest BCUT2D eigenvalue weighted by atomic mass is 10.2. The SMILES string of the molecule is COc1ccc2c(-n3ccnc3)ncnc2c1. The molecule has 0 aliphatic carbocycles. The maximum atomic E-state index is 5.17. The second-order valence-corrected chi connectivity index (χ2v) is 3.55. The minimum atomic E-state index is 0.785. The van der Waals surface area contributed by atoms with E-state index in [1.165, 1.54) is 6.33 Å². The van der Waals surface area contributed by atoms with E-state index < -0.39 is 0 Å². The Morgan fingerprint density at radius 2 is 2.18 bits per heavy atom. The Bertz CT molecular complexity index is 649. The maximum Gasteiger partial charge on any atom is 0.149 e. The van der Waals surface area contributed by atoms with Crippen molar-refractivity contribution < 1.29 is 4.74 Å². The number of nitrogens with zero attached hydrogens (tertiary/aromatic N) is 4. The van der Waals surface area contributed by atoms with Crippen LogP contribution in [0.2, 0.25) is 0 Å². The van der Waals surface area contributed by atoms with Crippen LogP contribution in [0.25, 0.3) is 16.7 Å². The summed E-state index contributed by atoms with van der Waals surface area (Å²) in [6, 6.07) is 5.73. The van der Waals surface area contributed by atoms with Crippen LogP contribution in [0, 0.1) is 0 Å². The normalized spacial score (nSPS) is 10.6. The Morgan fingerprint density at radius 3 is 2.94 bits per heavy atom. The minimum absolute atomic E-state index is 0.785. The highest BCUT2D eigenvalue weighted by Crippen LogP contribution is 2.22. The molecule has 0 radical (unpaired) electrons. The van der Waals surface area contributed by atoms with Crippen molar-refractivity contribution in [3.63, 3.8) is 0 Å². The molecule has 0 saturated heterocycles. The van der Waals surface area contributed by atoms with E-state index in [4.69, 9.17) is 4.74 Å². The number of rotatable bonds is 2. The molecular weight excluding hydrogens is 216 g/mol. The molecule has 0 saturated carbocycles. The first kappa shape index (κ1) is 9.77. The third-order valence-electron chi connectivity index (χ3n) is 2.57. The van der Waals surface area contributed by atoms with Crippen LogP contribution >= 0.6 is 0 Å². The van der Waals surface area contributed by atoms with Crippen LogP contribution < -0.4 is 4.74 Å². The predicted molar refractivity (Wildman–Crippen MR) is 63.2 cm³/mol. The molecular formula is C12H10N4O. The number of benzene rings is 1. The van der Waals surface area contributed by atoms with Crippen molar-refractivity contribution in [3.05, 3.63) is 43.2 Å². The Kier molecular flexibility index (Phi) is 2.22. The third-order valence-corrected chi connectivity index (χ3v) is 2.57. The summed E-state index contributed by atoms with van der Waals surface area (Å²) in [6.45, 7) is 0. The van der Waals surface area contributed by atoms with E-state index in [1.807, 2.05) is 29.0 Å². The van der Waals surface area contributed by atoms with Gasteiger partial charge < -0.3 is 4.74 Å². The van der Waals surface area contributed by atoms with E-state index in [9.17, 15) is 0 Å². The van der Waals surface area contributed by atoms with Crippen molar-refractivity contribution in [2.24, 2.45) is 0 Å². The molecule has 84 valence electrons. The molecule has 0 bridgehead atoms. The summed E-state index contributed by atoms with van der Waals surface area (Å²) in [5, 5.41) is 0.964. The number of ether oxygens (including phenoxy) is 1. The molecule has 0 aliphatic heterocycles. The largest absolute Gasteiger partial charge is 0.497 e. The van der Waals surface area contributed by atoms with Gasteiger partial charge in [0.05, 0.1) is 12.6 Å². The Hall–Kier alpha value is -2.43. The zero-order valence-corrected chi connectivity index (χ0v) is 9.24. The van der Waals surface area contributed by atoms with E-state index in [2.05, 4.69) is 15.0 Å². The van der Waals surface area contributed by atoms with Crippen LogP contribution in [-0.4, -0.2) is 26.6 Å². The molecule has 0 unspecified atom stereocenters. The second kappa shape index (κ2) is 3.86. The lowest BCUT2D eigenvalue weighted by molar-refractivity contribution is 0.415. The fourth-order valence-corrected chi connectivity index (χ4v) is 1.74. The number of hydrogen-bond acceptors (Lipinski definition) is 4. The summed E-state index contributed by atoms with van der Waals surface area (Å²) < 4.78 is 7.03. The molecule has 0 spiro atoms. The van der Waals surface area contributed by atoms with Gasteiger partial charge in [-0.15, -0.1) is 0 Å². The van der Waals surface area contributed by atoms with Crippen molar-refractivity contribution >= 4 is 10.9 Å². The fourth-order valence-electron chi connectivity index (χ4n) is 1.74. The summed E-state index contributed by atoms with van der Waals surface area (Å²) in [5.41, 5.74) is 0.850. The number of hydrogen-bond donors (Lipinski definition) is 0. The van der Waals surface area contributed by atoms with Crippen molar-refractivity contribution in [2.75, 3.05) is 7.11 Å². The van der Waals surface area contributed by atoms with Crippen molar-refractivity contribution in [2.45, 2.75) is 0 Å². The van der Waals surface area contributed by atoms with Gasteiger partial charge >= 0.3 is 0 Å². The monoisotopic (exact) mass is 226 g/mol. The van der Waals surface area contributed by atoms with E-state index in [1.54, 1.807) is 19.6 Å². The molecule has 0 atom stereocenters. The highest BCUT2D eigenvalue weighted by molar-refractivity contribution is 5.86. The molecule has 0 fully saturated rings. The van der Waals surface area contributed by atoms with Crippen molar-refractivity contribution in [1.82, 2.24) is 19.5 Å². The Labute approximate surface area is 97.7 Å². The number of methoxy groups -OCH3 is 1.